The van der Waals surface area contributed by atoms with E-state index in [4.69, 9.17) is 4.74 Å². The molecular weight excluding hydrogens is 176 g/mol. The molecule has 0 N–H and O–H groups in total. The molecule has 2 rings (SSSR count). The Morgan fingerprint density at radius 3 is 2.57 bits per heavy atom. The second-order valence-corrected chi connectivity index (χ2v) is 3.51. The lowest BCUT2D eigenvalue weighted by atomic mass is 9.79. The molecule has 0 saturated carbocycles. The zero-order valence-corrected chi connectivity index (χ0v) is 8.07. The smallest absolute Gasteiger partial charge is 0.147 e. The third-order valence-corrected chi connectivity index (χ3v) is 2.68. The summed E-state index contributed by atoms with van der Waals surface area (Å²) in [6, 6.07) is 9.73. The molecule has 1 atom stereocenters. The lowest BCUT2D eigenvalue weighted by molar-refractivity contribution is -0.121. The predicted molar refractivity (Wildman–Crippen MR) is 53.9 cm³/mol. The second kappa shape index (κ2) is 3.29. The monoisotopic (exact) mass is 188 g/mol. The molecule has 0 fully saturated rings. The molecule has 0 saturated heterocycles. The third-order valence-electron chi connectivity index (χ3n) is 2.68. The highest BCUT2D eigenvalue weighted by molar-refractivity contribution is 5.90. The summed E-state index contributed by atoms with van der Waals surface area (Å²) in [5, 5.41) is 0. The average molecular weight is 188 g/mol. The van der Waals surface area contributed by atoms with Crippen LogP contribution in [-0.4, -0.2) is 12.4 Å². The van der Waals surface area contributed by atoms with Crippen molar-refractivity contribution in [3.05, 3.63) is 48.2 Å². The van der Waals surface area contributed by atoms with Crippen molar-refractivity contribution in [3.63, 3.8) is 0 Å². The van der Waals surface area contributed by atoms with Crippen LogP contribution in [0.5, 0.6) is 0 Å². The minimum Gasteiger partial charge on any atom is -0.500 e. The van der Waals surface area contributed by atoms with Crippen LogP contribution in [0.1, 0.15) is 12.5 Å². The van der Waals surface area contributed by atoms with Crippen molar-refractivity contribution in [1.29, 1.82) is 0 Å². The van der Waals surface area contributed by atoms with E-state index in [1.165, 1.54) is 0 Å². The minimum absolute atomic E-state index is 0.123. The zero-order valence-electron chi connectivity index (χ0n) is 8.07. The Balaban J connectivity index is 2.47. The highest BCUT2D eigenvalue weighted by atomic mass is 16.5. The molecule has 1 aromatic carbocycles. The Morgan fingerprint density at radius 1 is 1.36 bits per heavy atom. The van der Waals surface area contributed by atoms with E-state index in [-0.39, 0.29) is 5.78 Å². The second-order valence-electron chi connectivity index (χ2n) is 3.51. The summed E-state index contributed by atoms with van der Waals surface area (Å²) >= 11 is 0. The molecule has 2 heteroatoms. The summed E-state index contributed by atoms with van der Waals surface area (Å²) in [4.78, 5) is 11.6. The van der Waals surface area contributed by atoms with E-state index in [0.717, 1.165) is 5.56 Å². The number of hydrogen-bond acceptors (Lipinski definition) is 2. The van der Waals surface area contributed by atoms with Gasteiger partial charge in [0.2, 0.25) is 0 Å². The first-order valence-electron chi connectivity index (χ1n) is 4.61. The topological polar surface area (TPSA) is 26.3 Å². The van der Waals surface area contributed by atoms with E-state index < -0.39 is 5.41 Å². The molecule has 1 aliphatic heterocycles. The highest BCUT2D eigenvalue weighted by Gasteiger charge is 2.38. The molecule has 1 unspecified atom stereocenters. The average Bonchev–Trinajstić information content (AvgIpc) is 2.69. The SMILES string of the molecule is CC(=O)C1(c2ccccc2)C=COC1. The van der Waals surface area contributed by atoms with Crippen LogP contribution in [0.3, 0.4) is 0 Å². The van der Waals surface area contributed by atoms with Crippen molar-refractivity contribution in [3.8, 4) is 0 Å². The van der Waals surface area contributed by atoms with E-state index in [0.29, 0.717) is 6.61 Å². The molecule has 0 aliphatic carbocycles. The van der Waals surface area contributed by atoms with Gasteiger partial charge >= 0.3 is 0 Å². The summed E-state index contributed by atoms with van der Waals surface area (Å²) < 4.78 is 5.17. The van der Waals surface area contributed by atoms with Gasteiger partial charge in [-0.3, -0.25) is 4.79 Å². The first-order chi connectivity index (χ1) is 6.76. The Kier molecular flexibility index (Phi) is 2.12. The van der Waals surface area contributed by atoms with Crippen LogP contribution < -0.4 is 0 Å². The van der Waals surface area contributed by atoms with Crippen molar-refractivity contribution in [2.75, 3.05) is 6.61 Å². The van der Waals surface area contributed by atoms with Gasteiger partial charge in [-0.25, -0.2) is 0 Å². The Morgan fingerprint density at radius 2 is 2.07 bits per heavy atom. The van der Waals surface area contributed by atoms with E-state index in [2.05, 4.69) is 0 Å². The number of ether oxygens (including phenoxy) is 1. The Hall–Kier alpha value is -1.57. The molecular formula is C12H12O2. The van der Waals surface area contributed by atoms with E-state index in [9.17, 15) is 4.79 Å². The number of hydrogen-bond donors (Lipinski definition) is 0. The summed E-state index contributed by atoms with van der Waals surface area (Å²) in [5.74, 6) is 0.123. The Labute approximate surface area is 83.2 Å². The van der Waals surface area contributed by atoms with Gasteiger partial charge in [-0.15, -0.1) is 0 Å². The predicted octanol–water partition coefficient (Wildman–Crippen LogP) is 2.06. The van der Waals surface area contributed by atoms with Crippen LogP contribution in [0.2, 0.25) is 0 Å². The highest BCUT2D eigenvalue weighted by Crippen LogP contribution is 2.31. The Bertz CT molecular complexity index is 367. The molecule has 0 radical (unpaired) electrons. The first kappa shape index (κ1) is 9.00. The van der Waals surface area contributed by atoms with E-state index in [1.54, 1.807) is 13.2 Å². The quantitative estimate of drug-likeness (QED) is 0.710. The maximum absolute atomic E-state index is 11.6. The maximum Gasteiger partial charge on any atom is 0.147 e. The number of ketones is 1. The van der Waals surface area contributed by atoms with Crippen molar-refractivity contribution >= 4 is 5.78 Å². The van der Waals surface area contributed by atoms with Crippen molar-refractivity contribution in [1.82, 2.24) is 0 Å². The molecule has 1 aromatic rings. The summed E-state index contributed by atoms with van der Waals surface area (Å²) in [6.45, 7) is 2.03. The normalized spacial score (nSPS) is 24.6. The van der Waals surface area contributed by atoms with Crippen LogP contribution in [0, 0.1) is 0 Å². The van der Waals surface area contributed by atoms with Gasteiger partial charge in [0.25, 0.3) is 0 Å². The molecule has 0 amide bonds. The summed E-state index contributed by atoms with van der Waals surface area (Å²) in [5.41, 5.74) is 0.447. The third kappa shape index (κ3) is 1.23. The van der Waals surface area contributed by atoms with Crippen molar-refractivity contribution in [2.45, 2.75) is 12.3 Å². The molecule has 14 heavy (non-hydrogen) atoms. The zero-order chi connectivity index (χ0) is 10.0. The number of carbonyl (C=O) groups is 1. The molecule has 0 aromatic heterocycles. The number of benzene rings is 1. The van der Waals surface area contributed by atoms with Gasteiger partial charge in [0.05, 0.1) is 6.26 Å². The molecule has 0 spiro atoms. The van der Waals surface area contributed by atoms with Gasteiger partial charge in [0.15, 0.2) is 0 Å². The molecule has 0 bridgehead atoms. The molecule has 1 heterocycles. The van der Waals surface area contributed by atoms with Gasteiger partial charge in [0.1, 0.15) is 17.8 Å². The van der Waals surface area contributed by atoms with Crippen molar-refractivity contribution in [2.24, 2.45) is 0 Å². The molecule has 2 nitrogen and oxygen atoms in total. The van der Waals surface area contributed by atoms with Gasteiger partial charge in [0, 0.05) is 0 Å². The van der Waals surface area contributed by atoms with Crippen LogP contribution in [0.4, 0.5) is 0 Å². The van der Waals surface area contributed by atoms with Crippen LogP contribution in [0.25, 0.3) is 0 Å². The number of rotatable bonds is 2. The maximum atomic E-state index is 11.6. The van der Waals surface area contributed by atoms with Crippen LogP contribution in [-0.2, 0) is 14.9 Å². The van der Waals surface area contributed by atoms with Gasteiger partial charge in [-0.05, 0) is 18.6 Å². The fourth-order valence-corrected chi connectivity index (χ4v) is 1.73. The van der Waals surface area contributed by atoms with Crippen LogP contribution in [0.15, 0.2) is 42.7 Å². The summed E-state index contributed by atoms with van der Waals surface area (Å²) in [6.07, 6.45) is 3.44. The minimum atomic E-state index is -0.554. The van der Waals surface area contributed by atoms with E-state index in [1.807, 2.05) is 36.4 Å². The standard InChI is InChI=1S/C12H12O2/c1-10(13)12(7-8-14-9-12)11-5-3-2-4-6-11/h2-8H,9H2,1H3. The van der Waals surface area contributed by atoms with Gasteiger partial charge < -0.3 is 4.74 Å². The lowest BCUT2D eigenvalue weighted by Crippen LogP contribution is -2.33. The molecule has 1 aliphatic rings. The first-order valence-corrected chi connectivity index (χ1v) is 4.61. The fourth-order valence-electron chi connectivity index (χ4n) is 1.73. The lowest BCUT2D eigenvalue weighted by Gasteiger charge is -2.22. The van der Waals surface area contributed by atoms with Crippen LogP contribution >= 0.6 is 0 Å². The largest absolute Gasteiger partial charge is 0.500 e. The van der Waals surface area contributed by atoms with Gasteiger partial charge in [-0.2, -0.15) is 0 Å². The van der Waals surface area contributed by atoms with Gasteiger partial charge in [-0.1, -0.05) is 30.3 Å². The van der Waals surface area contributed by atoms with Crippen molar-refractivity contribution < 1.29 is 9.53 Å². The number of Topliss-reactive ketones (excluding diaryl/α,β-unsaturated/α-hetero) is 1. The van der Waals surface area contributed by atoms with E-state index >= 15 is 0 Å². The fraction of sp³-hybridized carbons (Fsp3) is 0.250. The molecule has 72 valence electrons. The summed E-state index contributed by atoms with van der Waals surface area (Å²) in [7, 11) is 0. The number of carbonyl (C=O) groups excluding carboxylic acids is 1.